The number of nitrogen functional groups attached to an aromatic ring is 1. The Hall–Kier alpha value is -1.83. The zero-order valence-corrected chi connectivity index (χ0v) is 8.07. The smallest absolute Gasteiger partial charge is 0.0506 e. The van der Waals surface area contributed by atoms with Crippen LogP contribution in [0.3, 0.4) is 0 Å². The molecule has 0 saturated carbocycles. The molecule has 0 aliphatic rings. The van der Waals surface area contributed by atoms with Crippen LogP contribution in [0.2, 0.25) is 0 Å². The van der Waals surface area contributed by atoms with E-state index >= 15 is 0 Å². The summed E-state index contributed by atoms with van der Waals surface area (Å²) in [5.41, 5.74) is 9.83. The minimum absolute atomic E-state index is 0.698. The van der Waals surface area contributed by atoms with Gasteiger partial charge in [0.15, 0.2) is 0 Å². The number of benzene rings is 1. The molecule has 0 saturated heterocycles. The molecule has 1 aromatic heterocycles. The summed E-state index contributed by atoms with van der Waals surface area (Å²) in [4.78, 5) is 4.07. The molecule has 0 radical (unpaired) electrons. The van der Waals surface area contributed by atoms with E-state index in [2.05, 4.69) is 30.1 Å². The molecule has 2 nitrogen and oxygen atoms in total. The summed E-state index contributed by atoms with van der Waals surface area (Å²) in [7, 11) is 0. The number of hydrogen-bond donors (Lipinski definition) is 1. The van der Waals surface area contributed by atoms with Gasteiger partial charge in [-0.3, -0.25) is 4.98 Å². The molecule has 0 amide bonds. The molecular formula is C12H12N2. The van der Waals surface area contributed by atoms with Crippen molar-refractivity contribution in [2.24, 2.45) is 0 Å². The van der Waals surface area contributed by atoms with E-state index in [1.165, 1.54) is 5.56 Å². The number of rotatable bonds is 1. The zero-order chi connectivity index (χ0) is 9.97. The van der Waals surface area contributed by atoms with Gasteiger partial charge in [0.05, 0.1) is 5.69 Å². The van der Waals surface area contributed by atoms with Crippen LogP contribution in [0.4, 0.5) is 5.69 Å². The van der Waals surface area contributed by atoms with E-state index in [1.54, 1.807) is 6.20 Å². The molecule has 0 unspecified atom stereocenters. The Morgan fingerprint density at radius 1 is 1.07 bits per heavy atom. The highest BCUT2D eigenvalue weighted by atomic mass is 14.7. The second-order valence-corrected chi connectivity index (χ2v) is 3.38. The van der Waals surface area contributed by atoms with Crippen molar-refractivity contribution in [1.29, 1.82) is 0 Å². The average Bonchev–Trinajstić information content (AvgIpc) is 2.18. The summed E-state index contributed by atoms with van der Waals surface area (Å²) in [5.74, 6) is 0. The third kappa shape index (κ3) is 1.74. The van der Waals surface area contributed by atoms with Crippen LogP contribution in [0, 0.1) is 6.92 Å². The van der Waals surface area contributed by atoms with Crippen molar-refractivity contribution in [3.8, 4) is 11.1 Å². The van der Waals surface area contributed by atoms with Crippen LogP contribution in [-0.2, 0) is 0 Å². The van der Waals surface area contributed by atoms with E-state index in [9.17, 15) is 0 Å². The summed E-state index contributed by atoms with van der Waals surface area (Å²) in [6.07, 6.45) is 3.48. The van der Waals surface area contributed by atoms with Gasteiger partial charge >= 0.3 is 0 Å². The Morgan fingerprint density at radius 2 is 1.93 bits per heavy atom. The molecular weight excluding hydrogens is 172 g/mol. The van der Waals surface area contributed by atoms with Crippen LogP contribution >= 0.6 is 0 Å². The third-order valence-corrected chi connectivity index (χ3v) is 2.11. The molecule has 2 rings (SSSR count). The maximum atomic E-state index is 5.67. The standard InChI is InChI=1S/C12H12N2/c1-9-3-2-4-10(5-9)11-6-12(13)8-14-7-11/h2-8H,13H2,1H3. The third-order valence-electron chi connectivity index (χ3n) is 2.11. The second kappa shape index (κ2) is 3.50. The van der Waals surface area contributed by atoms with Gasteiger partial charge in [-0.25, -0.2) is 0 Å². The number of aryl methyl sites for hydroxylation is 1. The lowest BCUT2D eigenvalue weighted by Gasteiger charge is -2.02. The maximum Gasteiger partial charge on any atom is 0.0506 e. The van der Waals surface area contributed by atoms with Gasteiger partial charge < -0.3 is 5.73 Å². The minimum Gasteiger partial charge on any atom is -0.397 e. The molecule has 2 aromatic rings. The Labute approximate surface area is 83.4 Å². The van der Waals surface area contributed by atoms with Gasteiger partial charge in [0.2, 0.25) is 0 Å². The zero-order valence-electron chi connectivity index (χ0n) is 8.07. The van der Waals surface area contributed by atoms with E-state index < -0.39 is 0 Å². The predicted molar refractivity (Wildman–Crippen MR) is 58.8 cm³/mol. The summed E-state index contributed by atoms with van der Waals surface area (Å²) >= 11 is 0. The molecule has 0 bridgehead atoms. The SMILES string of the molecule is Cc1cccc(-c2cncc(N)c2)c1. The number of pyridine rings is 1. The Morgan fingerprint density at radius 3 is 2.64 bits per heavy atom. The molecule has 0 fully saturated rings. The fraction of sp³-hybridized carbons (Fsp3) is 0.0833. The van der Waals surface area contributed by atoms with Gasteiger partial charge in [0, 0.05) is 18.0 Å². The monoisotopic (exact) mass is 184 g/mol. The van der Waals surface area contributed by atoms with Crippen LogP contribution < -0.4 is 5.73 Å². The first kappa shape index (κ1) is 8.75. The highest BCUT2D eigenvalue weighted by molar-refractivity contribution is 5.66. The quantitative estimate of drug-likeness (QED) is 0.740. The molecule has 1 aromatic carbocycles. The van der Waals surface area contributed by atoms with Crippen molar-refractivity contribution in [3.63, 3.8) is 0 Å². The van der Waals surface area contributed by atoms with Crippen molar-refractivity contribution in [2.75, 3.05) is 5.73 Å². The van der Waals surface area contributed by atoms with Gasteiger partial charge in [-0.15, -0.1) is 0 Å². The van der Waals surface area contributed by atoms with Gasteiger partial charge in [-0.2, -0.15) is 0 Å². The topological polar surface area (TPSA) is 38.9 Å². The van der Waals surface area contributed by atoms with Crippen LogP contribution in [-0.4, -0.2) is 4.98 Å². The number of aromatic nitrogens is 1. The minimum atomic E-state index is 0.698. The Balaban J connectivity index is 2.49. The first-order valence-corrected chi connectivity index (χ1v) is 4.53. The van der Waals surface area contributed by atoms with Crippen LogP contribution in [0.15, 0.2) is 42.7 Å². The Bertz CT molecular complexity index is 406. The summed E-state index contributed by atoms with van der Waals surface area (Å²) in [6.45, 7) is 2.07. The maximum absolute atomic E-state index is 5.67. The second-order valence-electron chi connectivity index (χ2n) is 3.38. The van der Waals surface area contributed by atoms with Crippen molar-refractivity contribution in [1.82, 2.24) is 4.98 Å². The average molecular weight is 184 g/mol. The van der Waals surface area contributed by atoms with E-state index in [0.29, 0.717) is 5.69 Å². The normalized spacial score (nSPS) is 10.1. The largest absolute Gasteiger partial charge is 0.397 e. The molecule has 1 heterocycles. The first-order chi connectivity index (χ1) is 6.75. The number of nitrogens with zero attached hydrogens (tertiary/aromatic N) is 1. The van der Waals surface area contributed by atoms with Crippen molar-refractivity contribution < 1.29 is 0 Å². The van der Waals surface area contributed by atoms with Crippen molar-refractivity contribution in [3.05, 3.63) is 48.3 Å². The summed E-state index contributed by atoms with van der Waals surface area (Å²) < 4.78 is 0. The summed E-state index contributed by atoms with van der Waals surface area (Å²) in [5, 5.41) is 0. The molecule has 2 heteroatoms. The number of nitrogens with two attached hydrogens (primary N) is 1. The molecule has 70 valence electrons. The van der Waals surface area contributed by atoms with Gasteiger partial charge in [0.25, 0.3) is 0 Å². The number of anilines is 1. The predicted octanol–water partition coefficient (Wildman–Crippen LogP) is 2.64. The van der Waals surface area contributed by atoms with E-state index in [0.717, 1.165) is 11.1 Å². The van der Waals surface area contributed by atoms with Gasteiger partial charge in [-0.05, 0) is 18.6 Å². The lowest BCUT2D eigenvalue weighted by atomic mass is 10.1. The van der Waals surface area contributed by atoms with Crippen molar-refractivity contribution in [2.45, 2.75) is 6.92 Å². The van der Waals surface area contributed by atoms with E-state index in [-0.39, 0.29) is 0 Å². The lowest BCUT2D eigenvalue weighted by molar-refractivity contribution is 1.33. The van der Waals surface area contributed by atoms with Gasteiger partial charge in [0.1, 0.15) is 0 Å². The summed E-state index contributed by atoms with van der Waals surface area (Å²) in [6, 6.07) is 10.2. The molecule has 0 aliphatic heterocycles. The fourth-order valence-electron chi connectivity index (χ4n) is 1.44. The van der Waals surface area contributed by atoms with Crippen LogP contribution in [0.25, 0.3) is 11.1 Å². The number of hydrogen-bond acceptors (Lipinski definition) is 2. The lowest BCUT2D eigenvalue weighted by Crippen LogP contribution is -1.87. The van der Waals surface area contributed by atoms with Gasteiger partial charge in [-0.1, -0.05) is 29.8 Å². The van der Waals surface area contributed by atoms with E-state index in [4.69, 9.17) is 5.73 Å². The van der Waals surface area contributed by atoms with Crippen molar-refractivity contribution >= 4 is 5.69 Å². The Kier molecular flexibility index (Phi) is 2.19. The highest BCUT2D eigenvalue weighted by Crippen LogP contribution is 2.20. The fourth-order valence-corrected chi connectivity index (χ4v) is 1.44. The van der Waals surface area contributed by atoms with Crippen LogP contribution in [0.1, 0.15) is 5.56 Å². The molecule has 0 aliphatic carbocycles. The highest BCUT2D eigenvalue weighted by Gasteiger charge is 1.97. The molecule has 0 atom stereocenters. The molecule has 14 heavy (non-hydrogen) atoms. The van der Waals surface area contributed by atoms with E-state index in [1.807, 2.05) is 18.3 Å². The van der Waals surface area contributed by atoms with Crippen LogP contribution in [0.5, 0.6) is 0 Å². The molecule has 0 spiro atoms. The molecule has 2 N–H and O–H groups in total. The first-order valence-electron chi connectivity index (χ1n) is 4.53.